The van der Waals surface area contributed by atoms with E-state index >= 15 is 0 Å². The van der Waals surface area contributed by atoms with Crippen molar-refractivity contribution in [3.63, 3.8) is 0 Å². The number of nitrogens with zero attached hydrogens (tertiary/aromatic N) is 2. The zero-order valence-corrected chi connectivity index (χ0v) is 15.6. The third kappa shape index (κ3) is 3.08. The number of amides is 1. The summed E-state index contributed by atoms with van der Waals surface area (Å²) in [5.74, 6) is 0.356. The van der Waals surface area contributed by atoms with Crippen molar-refractivity contribution in [1.29, 1.82) is 0 Å². The minimum absolute atomic E-state index is 0.0359. The Kier molecular flexibility index (Phi) is 4.37. The van der Waals surface area contributed by atoms with Crippen molar-refractivity contribution in [1.82, 2.24) is 14.9 Å². The van der Waals surface area contributed by atoms with Gasteiger partial charge in [0.2, 0.25) is 0 Å². The number of ether oxygens (including phenoxy) is 2. The average molecular weight is 377 g/mol. The maximum atomic E-state index is 12.8. The maximum Gasteiger partial charge on any atom is 0.270 e. The summed E-state index contributed by atoms with van der Waals surface area (Å²) in [5.41, 5.74) is 2.49. The van der Waals surface area contributed by atoms with E-state index in [1.807, 2.05) is 47.4 Å². The molecular formula is C22H23N3O3. The number of hydrogen-bond acceptors (Lipinski definition) is 4. The third-order valence-electron chi connectivity index (χ3n) is 5.90. The quantitative estimate of drug-likeness (QED) is 0.742. The van der Waals surface area contributed by atoms with E-state index in [0.717, 1.165) is 29.5 Å². The molecule has 6 nitrogen and oxygen atoms in total. The molecule has 1 aromatic carbocycles. The number of aromatic nitrogens is 2. The fourth-order valence-electron chi connectivity index (χ4n) is 4.27. The molecule has 1 spiro atoms. The molecule has 2 aliphatic heterocycles. The van der Waals surface area contributed by atoms with Gasteiger partial charge in [0.1, 0.15) is 11.3 Å². The van der Waals surface area contributed by atoms with Crippen molar-refractivity contribution >= 4 is 16.8 Å². The Morgan fingerprint density at radius 3 is 2.89 bits per heavy atom. The van der Waals surface area contributed by atoms with Crippen LogP contribution in [0.5, 0.6) is 0 Å². The second-order valence-corrected chi connectivity index (χ2v) is 7.70. The summed E-state index contributed by atoms with van der Waals surface area (Å²) >= 11 is 0. The number of nitrogens with one attached hydrogen (secondary N) is 1. The minimum atomic E-state index is -0.250. The molecule has 4 heterocycles. The van der Waals surface area contributed by atoms with Crippen LogP contribution in [0.15, 0.2) is 54.9 Å². The van der Waals surface area contributed by atoms with Crippen LogP contribution in [-0.2, 0) is 16.1 Å². The molecule has 0 radical (unpaired) electrons. The van der Waals surface area contributed by atoms with Crippen LogP contribution in [0.1, 0.15) is 22.5 Å². The zero-order chi connectivity index (χ0) is 19.0. The molecule has 3 aromatic rings. The molecule has 6 heteroatoms. The van der Waals surface area contributed by atoms with Gasteiger partial charge in [-0.2, -0.15) is 0 Å². The zero-order valence-electron chi connectivity index (χ0n) is 15.6. The van der Waals surface area contributed by atoms with E-state index in [9.17, 15) is 4.79 Å². The lowest BCUT2D eigenvalue weighted by atomic mass is 9.81. The van der Waals surface area contributed by atoms with Crippen LogP contribution in [0.2, 0.25) is 0 Å². The highest BCUT2D eigenvalue weighted by Gasteiger charge is 2.54. The van der Waals surface area contributed by atoms with Crippen molar-refractivity contribution < 1.29 is 14.3 Å². The number of likely N-dealkylation sites (tertiary alicyclic amines) is 1. The highest BCUT2D eigenvalue weighted by molar-refractivity contribution is 5.98. The molecule has 0 saturated carbocycles. The van der Waals surface area contributed by atoms with Gasteiger partial charge in [-0.3, -0.25) is 9.78 Å². The standard InChI is InChI=1S/C22H23N3O3/c26-21(20-11-17-3-1-2-4-19(17)24-20)25-14-22(15-25)18(7-10-28-22)13-27-12-16-5-8-23-9-6-16/h1-6,8-9,11,18,24H,7,10,12-15H2/t18-/m0/s1. The number of carbonyl (C=O) groups is 1. The number of pyridine rings is 1. The van der Waals surface area contributed by atoms with Gasteiger partial charge >= 0.3 is 0 Å². The summed E-state index contributed by atoms with van der Waals surface area (Å²) in [7, 11) is 0. The van der Waals surface area contributed by atoms with Crippen LogP contribution in [-0.4, -0.2) is 52.7 Å². The van der Waals surface area contributed by atoms with E-state index in [1.54, 1.807) is 12.4 Å². The summed E-state index contributed by atoms with van der Waals surface area (Å²) in [4.78, 5) is 22.0. The Balaban J connectivity index is 1.19. The molecule has 144 valence electrons. The first-order valence-corrected chi connectivity index (χ1v) is 9.71. The Bertz CT molecular complexity index is 946. The van der Waals surface area contributed by atoms with E-state index in [1.165, 1.54) is 0 Å². The molecule has 2 saturated heterocycles. The number of benzene rings is 1. The first kappa shape index (κ1) is 17.4. The molecule has 1 N–H and O–H groups in total. The minimum Gasteiger partial charge on any atom is -0.376 e. The lowest BCUT2D eigenvalue weighted by molar-refractivity contribution is -0.129. The number of hydrogen-bond donors (Lipinski definition) is 1. The molecule has 2 fully saturated rings. The second-order valence-electron chi connectivity index (χ2n) is 7.70. The Morgan fingerprint density at radius 2 is 2.07 bits per heavy atom. The van der Waals surface area contributed by atoms with Crippen LogP contribution < -0.4 is 0 Å². The summed E-state index contributed by atoms with van der Waals surface area (Å²) in [6.07, 6.45) is 4.53. The van der Waals surface area contributed by atoms with Crippen LogP contribution in [0, 0.1) is 5.92 Å². The first-order valence-electron chi connectivity index (χ1n) is 9.71. The van der Waals surface area contributed by atoms with E-state index in [4.69, 9.17) is 9.47 Å². The van der Waals surface area contributed by atoms with Crippen molar-refractivity contribution in [3.8, 4) is 0 Å². The Hall–Kier alpha value is -2.70. The summed E-state index contributed by atoms with van der Waals surface area (Å²) in [6.45, 7) is 3.22. The molecule has 5 rings (SSSR count). The van der Waals surface area contributed by atoms with Gasteiger partial charge in [0.15, 0.2) is 0 Å². The SMILES string of the molecule is O=C(c1cc2ccccc2[nH]1)N1CC2(C1)OCC[C@H]2COCc1ccncc1. The predicted octanol–water partition coefficient (Wildman–Crippen LogP) is 3.01. The van der Waals surface area contributed by atoms with Gasteiger partial charge in [-0.05, 0) is 36.2 Å². The highest BCUT2D eigenvalue weighted by Crippen LogP contribution is 2.40. The monoisotopic (exact) mass is 377 g/mol. The molecule has 2 aliphatic rings. The van der Waals surface area contributed by atoms with Gasteiger partial charge in [0, 0.05) is 35.8 Å². The number of H-pyrrole nitrogens is 1. The number of fused-ring (bicyclic) bond motifs is 1. The lowest BCUT2D eigenvalue weighted by Crippen LogP contribution is -2.66. The molecular weight excluding hydrogens is 354 g/mol. The molecule has 0 aliphatic carbocycles. The van der Waals surface area contributed by atoms with Crippen LogP contribution in [0.4, 0.5) is 0 Å². The molecule has 2 aromatic heterocycles. The van der Waals surface area contributed by atoms with Crippen molar-refractivity contribution in [2.24, 2.45) is 5.92 Å². The van der Waals surface area contributed by atoms with Crippen molar-refractivity contribution in [2.75, 3.05) is 26.3 Å². The smallest absolute Gasteiger partial charge is 0.270 e. The van der Waals surface area contributed by atoms with E-state index in [-0.39, 0.29) is 11.5 Å². The lowest BCUT2D eigenvalue weighted by Gasteiger charge is -2.50. The fourth-order valence-corrected chi connectivity index (χ4v) is 4.27. The topological polar surface area (TPSA) is 67.5 Å². The summed E-state index contributed by atoms with van der Waals surface area (Å²) in [6, 6.07) is 13.8. The Labute approximate surface area is 163 Å². The van der Waals surface area contributed by atoms with Crippen LogP contribution >= 0.6 is 0 Å². The molecule has 0 unspecified atom stereocenters. The number of aromatic amines is 1. The normalized spacial score (nSPS) is 20.6. The van der Waals surface area contributed by atoms with Gasteiger partial charge < -0.3 is 19.4 Å². The summed E-state index contributed by atoms with van der Waals surface area (Å²) in [5, 5.41) is 1.06. The highest BCUT2D eigenvalue weighted by atomic mass is 16.5. The van der Waals surface area contributed by atoms with Crippen LogP contribution in [0.3, 0.4) is 0 Å². The van der Waals surface area contributed by atoms with Crippen molar-refractivity contribution in [2.45, 2.75) is 18.6 Å². The second kappa shape index (κ2) is 7.04. The van der Waals surface area contributed by atoms with Crippen LogP contribution in [0.25, 0.3) is 10.9 Å². The summed E-state index contributed by atoms with van der Waals surface area (Å²) < 4.78 is 12.0. The number of rotatable bonds is 5. The first-order chi connectivity index (χ1) is 13.7. The Morgan fingerprint density at radius 1 is 1.25 bits per heavy atom. The van der Waals surface area contributed by atoms with Gasteiger partial charge in [0.05, 0.1) is 26.3 Å². The van der Waals surface area contributed by atoms with Gasteiger partial charge in [-0.1, -0.05) is 18.2 Å². The van der Waals surface area contributed by atoms with Gasteiger partial charge in [-0.25, -0.2) is 0 Å². The van der Waals surface area contributed by atoms with Gasteiger partial charge in [-0.15, -0.1) is 0 Å². The largest absolute Gasteiger partial charge is 0.376 e. The predicted molar refractivity (Wildman–Crippen MR) is 105 cm³/mol. The maximum absolute atomic E-state index is 12.8. The van der Waals surface area contributed by atoms with E-state index < -0.39 is 0 Å². The fraction of sp³-hybridized carbons (Fsp3) is 0.364. The molecule has 0 bridgehead atoms. The van der Waals surface area contributed by atoms with E-state index in [2.05, 4.69) is 9.97 Å². The molecule has 28 heavy (non-hydrogen) atoms. The van der Waals surface area contributed by atoms with E-state index in [0.29, 0.717) is 37.9 Å². The average Bonchev–Trinajstić information content (AvgIpc) is 3.31. The molecule has 1 atom stereocenters. The third-order valence-corrected chi connectivity index (χ3v) is 5.90. The van der Waals surface area contributed by atoms with Crippen molar-refractivity contribution in [3.05, 3.63) is 66.1 Å². The molecule has 1 amide bonds. The number of para-hydroxylation sites is 1. The van der Waals surface area contributed by atoms with Gasteiger partial charge in [0.25, 0.3) is 5.91 Å². The number of carbonyl (C=O) groups excluding carboxylic acids is 1.